The molecule has 4 heteroatoms. The first-order chi connectivity index (χ1) is 8.22. The smallest absolute Gasteiger partial charge is 0.306 e. The topological polar surface area (TPSA) is 69.4 Å². The van der Waals surface area contributed by atoms with Crippen molar-refractivity contribution in [3.63, 3.8) is 0 Å². The quantitative estimate of drug-likeness (QED) is 0.718. The van der Waals surface area contributed by atoms with E-state index in [2.05, 4.69) is 0 Å². The van der Waals surface area contributed by atoms with Gasteiger partial charge in [-0.25, -0.2) is 0 Å². The summed E-state index contributed by atoms with van der Waals surface area (Å²) in [5.41, 5.74) is 6.26. The molecule has 0 aromatic heterocycles. The number of nitrogens with two attached hydrogens (primary N) is 1. The average Bonchev–Trinajstić information content (AvgIpc) is 2.37. The first-order valence-corrected chi connectivity index (χ1v) is 5.63. The fourth-order valence-electron chi connectivity index (χ4n) is 1.34. The number of hydrogen-bond donors (Lipinski definition) is 1. The van der Waals surface area contributed by atoms with Gasteiger partial charge in [-0.3, -0.25) is 9.59 Å². The van der Waals surface area contributed by atoms with Crippen molar-refractivity contribution in [2.75, 3.05) is 13.2 Å². The van der Waals surface area contributed by atoms with Crippen LogP contribution < -0.4 is 5.73 Å². The van der Waals surface area contributed by atoms with E-state index in [4.69, 9.17) is 10.5 Å². The predicted octanol–water partition coefficient (Wildman–Crippen LogP) is 1.08. The van der Waals surface area contributed by atoms with Crippen LogP contribution in [0.5, 0.6) is 0 Å². The molecule has 17 heavy (non-hydrogen) atoms. The number of ether oxygens (including phenoxy) is 1. The number of ketones is 1. The Balaban J connectivity index is 2.14. The Morgan fingerprint density at radius 1 is 1.12 bits per heavy atom. The van der Waals surface area contributed by atoms with Crippen molar-refractivity contribution in [2.24, 2.45) is 5.73 Å². The van der Waals surface area contributed by atoms with Crippen molar-refractivity contribution in [2.45, 2.75) is 19.3 Å². The van der Waals surface area contributed by atoms with E-state index in [0.717, 1.165) is 5.56 Å². The molecule has 1 rings (SSSR count). The van der Waals surface area contributed by atoms with Gasteiger partial charge in [-0.1, -0.05) is 30.3 Å². The van der Waals surface area contributed by atoms with Crippen LogP contribution in [0.4, 0.5) is 0 Å². The van der Waals surface area contributed by atoms with Crippen molar-refractivity contribution in [1.29, 1.82) is 0 Å². The molecule has 0 heterocycles. The molecular weight excluding hydrogens is 218 g/mol. The summed E-state index contributed by atoms with van der Waals surface area (Å²) in [6.45, 7) is 0.330. The van der Waals surface area contributed by atoms with Gasteiger partial charge in [0, 0.05) is 12.8 Å². The van der Waals surface area contributed by atoms with Crippen molar-refractivity contribution in [1.82, 2.24) is 0 Å². The van der Waals surface area contributed by atoms with Gasteiger partial charge in [-0.2, -0.15) is 0 Å². The standard InChI is InChI=1S/C13H17NO3/c14-10-12(15)6-7-13(16)17-9-8-11-4-2-1-3-5-11/h1-5H,6-10,14H2. The molecule has 0 aliphatic rings. The molecule has 0 amide bonds. The second-order valence-corrected chi connectivity index (χ2v) is 3.70. The van der Waals surface area contributed by atoms with Crippen LogP contribution in [-0.4, -0.2) is 24.9 Å². The molecule has 0 radical (unpaired) electrons. The van der Waals surface area contributed by atoms with Crippen molar-refractivity contribution in [3.05, 3.63) is 35.9 Å². The summed E-state index contributed by atoms with van der Waals surface area (Å²) in [6.07, 6.45) is 0.975. The third-order valence-corrected chi connectivity index (χ3v) is 2.33. The summed E-state index contributed by atoms with van der Waals surface area (Å²) in [5, 5.41) is 0. The molecule has 0 saturated carbocycles. The minimum Gasteiger partial charge on any atom is -0.465 e. The number of benzene rings is 1. The fourth-order valence-corrected chi connectivity index (χ4v) is 1.34. The fraction of sp³-hybridized carbons (Fsp3) is 0.385. The van der Waals surface area contributed by atoms with Crippen LogP contribution in [0, 0.1) is 0 Å². The van der Waals surface area contributed by atoms with Crippen LogP contribution in [0.15, 0.2) is 30.3 Å². The number of carbonyl (C=O) groups is 2. The Labute approximate surface area is 101 Å². The number of carbonyl (C=O) groups excluding carboxylic acids is 2. The van der Waals surface area contributed by atoms with Crippen molar-refractivity contribution in [3.8, 4) is 0 Å². The van der Waals surface area contributed by atoms with Gasteiger partial charge in [0.1, 0.15) is 5.78 Å². The van der Waals surface area contributed by atoms with Gasteiger partial charge >= 0.3 is 5.97 Å². The van der Waals surface area contributed by atoms with Gasteiger partial charge < -0.3 is 10.5 Å². The Bertz CT molecular complexity index is 362. The molecule has 0 bridgehead atoms. The normalized spacial score (nSPS) is 9.94. The lowest BCUT2D eigenvalue weighted by molar-refractivity contribution is -0.144. The highest BCUT2D eigenvalue weighted by atomic mass is 16.5. The van der Waals surface area contributed by atoms with E-state index in [9.17, 15) is 9.59 Å². The van der Waals surface area contributed by atoms with Crippen LogP contribution in [0.1, 0.15) is 18.4 Å². The summed E-state index contributed by atoms with van der Waals surface area (Å²) < 4.78 is 5.01. The highest BCUT2D eigenvalue weighted by Crippen LogP contribution is 2.01. The third-order valence-electron chi connectivity index (χ3n) is 2.33. The van der Waals surface area contributed by atoms with Gasteiger partial charge in [0.2, 0.25) is 0 Å². The molecule has 1 aromatic carbocycles. The maximum absolute atomic E-state index is 11.2. The minimum absolute atomic E-state index is 0.0166. The number of Topliss-reactive ketones (excluding diaryl/α,β-unsaturated/α-hetero) is 1. The van der Waals surface area contributed by atoms with Gasteiger partial charge in [-0.05, 0) is 5.56 Å². The third kappa shape index (κ3) is 5.82. The molecular formula is C13H17NO3. The van der Waals surface area contributed by atoms with Crippen LogP contribution in [0.2, 0.25) is 0 Å². The zero-order valence-electron chi connectivity index (χ0n) is 9.72. The van der Waals surface area contributed by atoms with E-state index >= 15 is 0 Å². The van der Waals surface area contributed by atoms with Crippen molar-refractivity contribution < 1.29 is 14.3 Å². The summed E-state index contributed by atoms with van der Waals surface area (Å²) >= 11 is 0. The Morgan fingerprint density at radius 3 is 2.47 bits per heavy atom. The molecule has 0 spiro atoms. The van der Waals surface area contributed by atoms with Gasteiger partial charge in [0.15, 0.2) is 0 Å². The highest BCUT2D eigenvalue weighted by Gasteiger charge is 2.06. The summed E-state index contributed by atoms with van der Waals surface area (Å²) in [7, 11) is 0. The maximum Gasteiger partial charge on any atom is 0.306 e. The monoisotopic (exact) mass is 235 g/mol. The molecule has 0 aliphatic carbocycles. The highest BCUT2D eigenvalue weighted by molar-refractivity contribution is 5.84. The first kappa shape index (κ1) is 13.4. The van der Waals surface area contributed by atoms with Gasteiger partial charge in [0.25, 0.3) is 0 Å². The summed E-state index contributed by atoms with van der Waals surface area (Å²) in [5.74, 6) is -0.465. The van der Waals surface area contributed by atoms with Crippen molar-refractivity contribution >= 4 is 11.8 Å². The Morgan fingerprint density at radius 2 is 1.82 bits per heavy atom. The Hall–Kier alpha value is -1.68. The second-order valence-electron chi connectivity index (χ2n) is 3.70. The van der Waals surface area contributed by atoms with E-state index < -0.39 is 0 Å². The largest absolute Gasteiger partial charge is 0.465 e. The Kier molecular flexibility index (Phi) is 5.96. The van der Waals surface area contributed by atoms with E-state index in [1.165, 1.54) is 0 Å². The molecule has 1 aromatic rings. The van der Waals surface area contributed by atoms with Crippen LogP contribution in [0.3, 0.4) is 0 Å². The summed E-state index contributed by atoms with van der Waals surface area (Å²) in [4.78, 5) is 22.1. The predicted molar refractivity (Wildman–Crippen MR) is 64.4 cm³/mol. The average molecular weight is 235 g/mol. The van der Waals surface area contributed by atoms with E-state index in [1.54, 1.807) is 0 Å². The van der Waals surface area contributed by atoms with Gasteiger partial charge in [0.05, 0.1) is 19.6 Å². The van der Waals surface area contributed by atoms with Crippen LogP contribution in [-0.2, 0) is 20.7 Å². The lowest BCUT2D eigenvalue weighted by Crippen LogP contribution is -2.16. The molecule has 0 unspecified atom stereocenters. The van der Waals surface area contributed by atoms with E-state index in [-0.39, 0.29) is 31.1 Å². The molecule has 4 nitrogen and oxygen atoms in total. The maximum atomic E-state index is 11.2. The minimum atomic E-state index is -0.345. The molecule has 2 N–H and O–H groups in total. The van der Waals surface area contributed by atoms with Crippen LogP contribution >= 0.6 is 0 Å². The molecule has 92 valence electrons. The first-order valence-electron chi connectivity index (χ1n) is 5.63. The lowest BCUT2D eigenvalue weighted by atomic mass is 10.2. The van der Waals surface area contributed by atoms with E-state index in [1.807, 2.05) is 30.3 Å². The lowest BCUT2D eigenvalue weighted by Gasteiger charge is -2.04. The molecule has 0 atom stereocenters. The SMILES string of the molecule is NCC(=O)CCC(=O)OCCc1ccccc1. The van der Waals surface area contributed by atoms with Crippen LogP contribution in [0.25, 0.3) is 0 Å². The van der Waals surface area contributed by atoms with Gasteiger partial charge in [-0.15, -0.1) is 0 Å². The molecule has 0 aliphatic heterocycles. The van der Waals surface area contributed by atoms with E-state index in [0.29, 0.717) is 13.0 Å². The molecule has 0 fully saturated rings. The second kappa shape index (κ2) is 7.57. The number of rotatable bonds is 7. The number of esters is 1. The number of hydrogen-bond acceptors (Lipinski definition) is 4. The zero-order chi connectivity index (χ0) is 12.5. The zero-order valence-corrected chi connectivity index (χ0v) is 9.72. The summed E-state index contributed by atoms with van der Waals surface area (Å²) in [6, 6.07) is 9.78. The molecule has 0 saturated heterocycles.